The van der Waals surface area contributed by atoms with Crippen molar-refractivity contribution in [3.63, 3.8) is 0 Å². The molecule has 0 spiro atoms. The Morgan fingerprint density at radius 2 is 2.33 bits per heavy atom. The molecule has 9 heavy (non-hydrogen) atoms. The molecule has 1 aliphatic carbocycles. The standard InChI is InChI=1S/C6H5BrClF/c7-4-2-1-3-5(9)6(4)8/h3H,1-2H2. The van der Waals surface area contributed by atoms with E-state index in [-0.39, 0.29) is 10.9 Å². The van der Waals surface area contributed by atoms with E-state index in [0.717, 1.165) is 17.3 Å². The van der Waals surface area contributed by atoms with Gasteiger partial charge in [0.05, 0.1) is 5.03 Å². The average molecular weight is 211 g/mol. The van der Waals surface area contributed by atoms with Gasteiger partial charge < -0.3 is 0 Å². The second-order valence-electron chi connectivity index (χ2n) is 1.81. The van der Waals surface area contributed by atoms with Crippen molar-refractivity contribution >= 4 is 27.5 Å². The van der Waals surface area contributed by atoms with Gasteiger partial charge in [-0.1, -0.05) is 27.5 Å². The molecule has 50 valence electrons. The van der Waals surface area contributed by atoms with Crippen LogP contribution in [0.25, 0.3) is 0 Å². The third kappa shape index (κ3) is 1.55. The van der Waals surface area contributed by atoms with Crippen molar-refractivity contribution in [2.24, 2.45) is 0 Å². The molecule has 1 rings (SSSR count). The van der Waals surface area contributed by atoms with E-state index in [2.05, 4.69) is 15.9 Å². The lowest BCUT2D eigenvalue weighted by atomic mass is 10.2. The van der Waals surface area contributed by atoms with Crippen LogP contribution in [-0.2, 0) is 0 Å². The summed E-state index contributed by atoms with van der Waals surface area (Å²) in [6, 6.07) is 0. The fourth-order valence-corrected chi connectivity index (χ4v) is 1.24. The fraction of sp³-hybridized carbons (Fsp3) is 0.333. The van der Waals surface area contributed by atoms with Gasteiger partial charge in [-0.05, 0) is 18.9 Å². The van der Waals surface area contributed by atoms with Crippen molar-refractivity contribution in [3.05, 3.63) is 21.4 Å². The molecule has 0 unspecified atom stereocenters. The van der Waals surface area contributed by atoms with Gasteiger partial charge in [-0.15, -0.1) is 0 Å². The third-order valence-corrected chi connectivity index (χ3v) is 2.57. The Balaban J connectivity index is 2.88. The van der Waals surface area contributed by atoms with Crippen LogP contribution in [0.5, 0.6) is 0 Å². The highest BCUT2D eigenvalue weighted by Gasteiger charge is 2.10. The maximum absolute atomic E-state index is 12.5. The molecule has 0 N–H and O–H groups in total. The molecule has 0 saturated heterocycles. The highest BCUT2D eigenvalue weighted by molar-refractivity contribution is 9.11. The molecule has 0 atom stereocenters. The van der Waals surface area contributed by atoms with Gasteiger partial charge in [-0.3, -0.25) is 0 Å². The van der Waals surface area contributed by atoms with E-state index < -0.39 is 0 Å². The van der Waals surface area contributed by atoms with Crippen LogP contribution in [0.2, 0.25) is 0 Å². The molecular formula is C6H5BrClF. The number of hydrogen-bond donors (Lipinski definition) is 0. The van der Waals surface area contributed by atoms with E-state index in [4.69, 9.17) is 11.6 Å². The summed E-state index contributed by atoms with van der Waals surface area (Å²) >= 11 is 8.67. The Labute approximate surface area is 66.5 Å². The second kappa shape index (κ2) is 2.84. The molecule has 0 fully saturated rings. The van der Waals surface area contributed by atoms with Gasteiger partial charge in [0.2, 0.25) is 0 Å². The first kappa shape index (κ1) is 7.29. The first-order chi connectivity index (χ1) is 4.22. The SMILES string of the molecule is FC1=CCCC(Br)=C1Cl. The molecule has 0 amide bonds. The number of rotatable bonds is 0. The highest BCUT2D eigenvalue weighted by Crippen LogP contribution is 2.32. The van der Waals surface area contributed by atoms with Gasteiger partial charge >= 0.3 is 0 Å². The van der Waals surface area contributed by atoms with E-state index in [1.54, 1.807) is 0 Å². The van der Waals surface area contributed by atoms with Crippen molar-refractivity contribution in [1.29, 1.82) is 0 Å². The van der Waals surface area contributed by atoms with Crippen LogP contribution >= 0.6 is 27.5 Å². The summed E-state index contributed by atoms with van der Waals surface area (Å²) in [6.07, 6.45) is 3.04. The first-order valence-corrected chi connectivity index (χ1v) is 3.79. The molecule has 0 bridgehead atoms. The molecule has 0 heterocycles. The van der Waals surface area contributed by atoms with Crippen LogP contribution in [0.15, 0.2) is 21.4 Å². The van der Waals surface area contributed by atoms with E-state index in [1.807, 2.05) is 0 Å². The Bertz CT molecular complexity index is 183. The van der Waals surface area contributed by atoms with Gasteiger partial charge in [0.25, 0.3) is 0 Å². The maximum Gasteiger partial charge on any atom is 0.138 e. The topological polar surface area (TPSA) is 0 Å². The van der Waals surface area contributed by atoms with Gasteiger partial charge in [-0.2, -0.15) is 0 Å². The van der Waals surface area contributed by atoms with Gasteiger partial charge in [-0.25, -0.2) is 4.39 Å². The molecule has 1 aliphatic rings. The molecular weight excluding hydrogens is 206 g/mol. The molecule has 0 radical (unpaired) electrons. The Morgan fingerprint density at radius 3 is 2.78 bits per heavy atom. The van der Waals surface area contributed by atoms with E-state index in [9.17, 15) is 4.39 Å². The molecule has 0 nitrogen and oxygen atoms in total. The van der Waals surface area contributed by atoms with Crippen LogP contribution < -0.4 is 0 Å². The number of hydrogen-bond acceptors (Lipinski definition) is 0. The van der Waals surface area contributed by atoms with Crippen molar-refractivity contribution in [1.82, 2.24) is 0 Å². The predicted molar refractivity (Wildman–Crippen MR) is 40.2 cm³/mol. The van der Waals surface area contributed by atoms with E-state index in [0.29, 0.717) is 0 Å². The molecule has 0 saturated carbocycles. The summed E-state index contributed by atoms with van der Waals surface area (Å²) < 4.78 is 13.2. The van der Waals surface area contributed by atoms with Gasteiger partial charge in [0.1, 0.15) is 5.83 Å². The van der Waals surface area contributed by atoms with E-state index >= 15 is 0 Å². The lowest BCUT2D eigenvalue weighted by Crippen LogP contribution is -1.87. The Hall–Kier alpha value is 0.180. The summed E-state index contributed by atoms with van der Waals surface area (Å²) in [4.78, 5) is 0. The molecule has 0 aromatic heterocycles. The van der Waals surface area contributed by atoms with Crippen LogP contribution in [-0.4, -0.2) is 0 Å². The van der Waals surface area contributed by atoms with Crippen LogP contribution in [0, 0.1) is 0 Å². The van der Waals surface area contributed by atoms with Crippen molar-refractivity contribution in [2.45, 2.75) is 12.8 Å². The summed E-state index contributed by atoms with van der Waals surface area (Å²) in [5, 5.41) is 0.223. The largest absolute Gasteiger partial charge is 0.206 e. The summed E-state index contributed by atoms with van der Waals surface area (Å²) in [5.74, 6) is -0.310. The van der Waals surface area contributed by atoms with Crippen molar-refractivity contribution in [3.8, 4) is 0 Å². The predicted octanol–water partition coefficient (Wildman–Crippen LogP) is 3.48. The van der Waals surface area contributed by atoms with Crippen LogP contribution in [0.3, 0.4) is 0 Å². The monoisotopic (exact) mass is 210 g/mol. The minimum absolute atomic E-state index is 0.223. The minimum Gasteiger partial charge on any atom is -0.206 e. The third-order valence-electron chi connectivity index (χ3n) is 1.14. The minimum atomic E-state index is -0.310. The molecule has 0 aliphatic heterocycles. The second-order valence-corrected chi connectivity index (χ2v) is 3.14. The zero-order valence-electron chi connectivity index (χ0n) is 4.63. The van der Waals surface area contributed by atoms with Crippen LogP contribution in [0.4, 0.5) is 4.39 Å². The Kier molecular flexibility index (Phi) is 2.30. The van der Waals surface area contributed by atoms with Crippen molar-refractivity contribution in [2.75, 3.05) is 0 Å². The zero-order chi connectivity index (χ0) is 6.85. The van der Waals surface area contributed by atoms with E-state index in [1.165, 1.54) is 6.08 Å². The Morgan fingerprint density at radius 1 is 1.67 bits per heavy atom. The lowest BCUT2D eigenvalue weighted by molar-refractivity contribution is 0.646. The summed E-state index contributed by atoms with van der Waals surface area (Å²) in [6.45, 7) is 0. The molecule has 3 heteroatoms. The van der Waals surface area contributed by atoms with Gasteiger partial charge in [0, 0.05) is 4.48 Å². The average Bonchev–Trinajstić information content (AvgIpc) is 1.83. The summed E-state index contributed by atoms with van der Waals surface area (Å²) in [7, 11) is 0. The smallest absolute Gasteiger partial charge is 0.138 e. The van der Waals surface area contributed by atoms with Gasteiger partial charge in [0.15, 0.2) is 0 Å². The van der Waals surface area contributed by atoms with Crippen molar-refractivity contribution < 1.29 is 4.39 Å². The zero-order valence-corrected chi connectivity index (χ0v) is 6.97. The molecule has 0 aromatic rings. The van der Waals surface area contributed by atoms with Crippen LogP contribution in [0.1, 0.15) is 12.8 Å². The summed E-state index contributed by atoms with van der Waals surface area (Å²) in [5.41, 5.74) is 0. The normalized spacial score (nSPS) is 20.1. The highest BCUT2D eigenvalue weighted by atomic mass is 79.9. The quantitative estimate of drug-likeness (QED) is 0.575. The first-order valence-electron chi connectivity index (χ1n) is 2.62. The number of halogens is 3. The fourth-order valence-electron chi connectivity index (χ4n) is 0.655. The molecule has 0 aromatic carbocycles. The number of allylic oxidation sites excluding steroid dienone is 4. The lowest BCUT2D eigenvalue weighted by Gasteiger charge is -2.05. The maximum atomic E-state index is 12.5.